The number of primary sulfonamides is 1. The van der Waals surface area contributed by atoms with Gasteiger partial charge in [0.25, 0.3) is 10.0 Å². The average Bonchev–Trinajstić information content (AvgIpc) is 3.57. The summed E-state index contributed by atoms with van der Waals surface area (Å²) in [6.07, 6.45) is 1.49. The van der Waals surface area contributed by atoms with Crippen LogP contribution in [-0.2, 0) is 38.5 Å². The number of aliphatic carboxylic acids is 1. The molecule has 0 spiro atoms. The van der Waals surface area contributed by atoms with E-state index in [0.29, 0.717) is 33.2 Å². The lowest BCUT2D eigenvalue weighted by Gasteiger charge is -2.14. The minimum atomic E-state index is -3.91. The van der Waals surface area contributed by atoms with Gasteiger partial charge in [-0.15, -0.1) is 16.4 Å². The van der Waals surface area contributed by atoms with Gasteiger partial charge in [-0.25, -0.2) is 32.4 Å². The van der Waals surface area contributed by atoms with Gasteiger partial charge in [-0.3, -0.25) is 4.79 Å². The molecule has 4 aromatic rings. The van der Waals surface area contributed by atoms with E-state index in [1.807, 2.05) is 6.07 Å². The highest BCUT2D eigenvalue weighted by atomic mass is 32.2. The number of carbonyl (C=O) groups excluding carboxylic acids is 1. The Morgan fingerprint density at radius 2 is 2.00 bits per heavy atom. The fraction of sp³-hybridized carbons (Fsp3) is 0.292. The molecule has 0 saturated heterocycles. The van der Waals surface area contributed by atoms with Crippen LogP contribution in [-0.4, -0.2) is 70.5 Å². The number of aromatic nitrogens is 4. The van der Waals surface area contributed by atoms with E-state index in [1.54, 1.807) is 36.4 Å². The number of amides is 1. The van der Waals surface area contributed by atoms with Gasteiger partial charge in [-0.1, -0.05) is 17.3 Å². The molecule has 2 aromatic heterocycles. The number of thioether (sulfide) groups is 1. The Hall–Kier alpha value is -3.80. The molecule has 0 radical (unpaired) electrons. The van der Waals surface area contributed by atoms with Crippen molar-refractivity contribution >= 4 is 55.2 Å². The van der Waals surface area contributed by atoms with Crippen LogP contribution < -0.4 is 19.9 Å². The van der Waals surface area contributed by atoms with Gasteiger partial charge >= 0.3 is 5.97 Å². The summed E-state index contributed by atoms with van der Waals surface area (Å²) in [5.74, 6) is -0.197. The van der Waals surface area contributed by atoms with Crippen molar-refractivity contribution in [1.82, 2.24) is 25.3 Å². The van der Waals surface area contributed by atoms with Gasteiger partial charge in [0.05, 0.1) is 16.4 Å². The normalized spacial score (nSPS) is 12.2. The van der Waals surface area contributed by atoms with Crippen LogP contribution in [0.25, 0.3) is 10.2 Å². The number of benzene rings is 2. The van der Waals surface area contributed by atoms with Crippen molar-refractivity contribution in [3.05, 3.63) is 59.9 Å². The van der Waals surface area contributed by atoms with Gasteiger partial charge in [0.15, 0.2) is 0 Å². The lowest BCUT2D eigenvalue weighted by Crippen LogP contribution is -2.44. The Morgan fingerprint density at radius 3 is 2.76 bits per heavy atom. The number of sulfonamides is 1. The van der Waals surface area contributed by atoms with Crippen LogP contribution in [0.1, 0.15) is 11.3 Å². The van der Waals surface area contributed by atoms with Crippen molar-refractivity contribution < 1.29 is 37.0 Å². The molecule has 0 fully saturated rings. The van der Waals surface area contributed by atoms with E-state index in [-0.39, 0.29) is 29.9 Å². The van der Waals surface area contributed by atoms with Crippen molar-refractivity contribution in [2.24, 2.45) is 5.14 Å². The third-order valence-electron chi connectivity index (χ3n) is 5.29. The van der Waals surface area contributed by atoms with Gasteiger partial charge in [0.2, 0.25) is 10.2 Å². The zero-order valence-electron chi connectivity index (χ0n) is 21.3. The molecule has 4 rings (SSSR count). The van der Waals surface area contributed by atoms with E-state index in [2.05, 4.69) is 20.6 Å². The second-order valence-corrected chi connectivity index (χ2v) is 12.3. The molecule has 17 heteroatoms. The smallest absolute Gasteiger partial charge is 0.327 e. The summed E-state index contributed by atoms with van der Waals surface area (Å²) >= 11 is 2.27. The highest BCUT2D eigenvalue weighted by molar-refractivity contribution is 7.98. The van der Waals surface area contributed by atoms with Gasteiger partial charge in [0.1, 0.15) is 49.7 Å². The number of nitrogens with one attached hydrogen (secondary N) is 1. The maximum Gasteiger partial charge on any atom is 0.327 e. The highest BCUT2D eigenvalue weighted by Gasteiger charge is 2.21. The third kappa shape index (κ3) is 8.84. The maximum absolute atomic E-state index is 12.5. The summed E-state index contributed by atoms with van der Waals surface area (Å²) in [5.41, 5.74) is 1.70. The first kappa shape index (κ1) is 30.2. The van der Waals surface area contributed by atoms with Crippen molar-refractivity contribution in [2.75, 3.05) is 19.0 Å². The molecule has 13 nitrogen and oxygen atoms in total. The molecule has 2 heterocycles. The van der Waals surface area contributed by atoms with Gasteiger partial charge in [-0.2, -0.15) is 11.8 Å². The number of fused-ring (bicyclic) bond motifs is 1. The predicted octanol–water partition coefficient (Wildman–Crippen LogP) is 1.97. The zero-order chi connectivity index (χ0) is 29.4. The fourth-order valence-electron chi connectivity index (χ4n) is 3.47. The lowest BCUT2D eigenvalue weighted by molar-refractivity contribution is -0.141. The Morgan fingerprint density at radius 1 is 1.20 bits per heavy atom. The molecule has 41 heavy (non-hydrogen) atoms. The summed E-state index contributed by atoms with van der Waals surface area (Å²) in [6.45, 7) is -0.884. The molecule has 218 valence electrons. The number of carboxylic acids is 1. The second-order valence-electron chi connectivity index (χ2n) is 8.51. The molecular weight excluding hydrogens is 599 g/mol. The van der Waals surface area contributed by atoms with Crippen LogP contribution in [0.5, 0.6) is 11.5 Å². The Bertz CT molecular complexity index is 1630. The average molecular weight is 625 g/mol. The Balaban J connectivity index is 1.25. The third-order valence-corrected chi connectivity index (χ3v) is 8.75. The molecular formula is C24H25FN6O7S3. The van der Waals surface area contributed by atoms with Crippen LogP contribution in [0.15, 0.2) is 53.0 Å². The standard InChI is InChI=1S/C24H25FN6O7S3/c25-6-7-37-17-3-1-2-15(8-17)13-39-14-20(23(33)34)27-22(32)11-31-10-16(29-30-31)12-38-18-4-5-21-19(9-18)28-24(40-21)41(26,35)36/h1-5,8-10,20H,6-7,11-14H2,(H,27,32)(H,33,34)(H2,26,35,36)/t20-/m0/s1. The van der Waals surface area contributed by atoms with Gasteiger partial charge in [0, 0.05) is 17.6 Å². The minimum Gasteiger partial charge on any atom is -0.491 e. The Kier molecular flexibility index (Phi) is 10.1. The van der Waals surface area contributed by atoms with Crippen molar-refractivity contribution in [3.8, 4) is 11.5 Å². The number of nitrogens with two attached hydrogens (primary N) is 1. The second kappa shape index (κ2) is 13.7. The molecule has 0 bridgehead atoms. The summed E-state index contributed by atoms with van der Waals surface area (Å²) in [7, 11) is -3.91. The number of carbonyl (C=O) groups is 2. The van der Waals surface area contributed by atoms with Crippen molar-refractivity contribution in [2.45, 2.75) is 29.3 Å². The topological polar surface area (TPSA) is 189 Å². The number of rotatable bonds is 15. The van der Waals surface area contributed by atoms with Crippen LogP contribution in [0.4, 0.5) is 4.39 Å². The summed E-state index contributed by atoms with van der Waals surface area (Å²) in [4.78, 5) is 28.2. The number of thiazole rings is 1. The quantitative estimate of drug-likeness (QED) is 0.175. The molecule has 1 amide bonds. The summed E-state index contributed by atoms with van der Waals surface area (Å²) in [5, 5.41) is 25.0. The van der Waals surface area contributed by atoms with E-state index in [0.717, 1.165) is 16.9 Å². The molecule has 4 N–H and O–H groups in total. The molecule has 2 aromatic carbocycles. The monoisotopic (exact) mass is 624 g/mol. The lowest BCUT2D eigenvalue weighted by atomic mass is 10.2. The zero-order valence-corrected chi connectivity index (χ0v) is 23.8. The van der Waals surface area contributed by atoms with Crippen molar-refractivity contribution in [3.63, 3.8) is 0 Å². The van der Waals surface area contributed by atoms with Crippen LogP contribution in [0.2, 0.25) is 0 Å². The Labute approximate surface area is 241 Å². The highest BCUT2D eigenvalue weighted by Crippen LogP contribution is 2.28. The SMILES string of the molecule is NS(=O)(=O)c1nc2cc(OCc3cn(CC(=O)N[C@@H](CSCc4cccc(OCCF)c4)C(=O)O)nn3)ccc2s1. The number of halogens is 1. The van der Waals surface area contributed by atoms with Crippen LogP contribution >= 0.6 is 23.1 Å². The largest absolute Gasteiger partial charge is 0.491 e. The molecule has 0 aliphatic rings. The van der Waals surface area contributed by atoms with E-state index >= 15 is 0 Å². The number of carboxylic acid groups (broad SMARTS) is 1. The van der Waals surface area contributed by atoms with E-state index < -0.39 is 34.6 Å². The summed E-state index contributed by atoms with van der Waals surface area (Å²) < 4.78 is 48.0. The van der Waals surface area contributed by atoms with Crippen LogP contribution in [0, 0.1) is 0 Å². The van der Waals surface area contributed by atoms with E-state index in [4.69, 9.17) is 14.6 Å². The molecule has 0 unspecified atom stereocenters. The molecule has 0 aliphatic heterocycles. The number of hydrogen-bond donors (Lipinski definition) is 3. The fourth-order valence-corrected chi connectivity index (χ4v) is 6.11. The first-order valence-corrected chi connectivity index (χ1v) is 15.5. The molecule has 1 atom stereocenters. The number of ether oxygens (including phenoxy) is 2. The number of alkyl halides is 1. The van der Waals surface area contributed by atoms with Gasteiger partial charge < -0.3 is 19.9 Å². The maximum atomic E-state index is 12.5. The van der Waals surface area contributed by atoms with E-state index in [9.17, 15) is 27.5 Å². The first-order valence-electron chi connectivity index (χ1n) is 11.9. The molecule has 0 aliphatic carbocycles. The molecule has 0 saturated carbocycles. The minimum absolute atomic E-state index is 0.00766. The van der Waals surface area contributed by atoms with E-state index in [1.165, 1.54) is 22.6 Å². The predicted molar refractivity (Wildman–Crippen MR) is 149 cm³/mol. The number of nitrogens with zero attached hydrogens (tertiary/aromatic N) is 4. The number of hydrogen-bond acceptors (Lipinski definition) is 11. The summed E-state index contributed by atoms with van der Waals surface area (Å²) in [6, 6.07) is 10.8. The van der Waals surface area contributed by atoms with Crippen molar-refractivity contribution in [1.29, 1.82) is 0 Å². The van der Waals surface area contributed by atoms with Gasteiger partial charge in [-0.05, 0) is 29.8 Å². The van der Waals surface area contributed by atoms with Crippen LogP contribution in [0.3, 0.4) is 0 Å². The first-order chi connectivity index (χ1) is 19.6.